The van der Waals surface area contributed by atoms with Crippen LogP contribution in [0.25, 0.3) is 21.5 Å². The standard InChI is InChI=1S/C18H15N5O4S/c24-15(10-13-11-4-1-2-5-12(11)16(25)21-20-13)19-7-8-23-18(26)27-17(22-23)14-6-3-9-28-14/h1-6,9H,7-8,10H2,(H,19,24)(H,21,25). The summed E-state index contributed by atoms with van der Waals surface area (Å²) in [7, 11) is 0. The van der Waals surface area contributed by atoms with Gasteiger partial charge < -0.3 is 9.73 Å². The lowest BCUT2D eigenvalue weighted by atomic mass is 10.1. The summed E-state index contributed by atoms with van der Waals surface area (Å²) in [4.78, 5) is 36.7. The number of fused-ring (bicyclic) bond motifs is 1. The Morgan fingerprint density at radius 1 is 1.18 bits per heavy atom. The van der Waals surface area contributed by atoms with E-state index < -0.39 is 5.76 Å². The van der Waals surface area contributed by atoms with Crippen LogP contribution in [0.4, 0.5) is 0 Å². The highest BCUT2D eigenvalue weighted by atomic mass is 32.1. The summed E-state index contributed by atoms with van der Waals surface area (Å²) < 4.78 is 6.29. The van der Waals surface area contributed by atoms with Crippen molar-refractivity contribution in [3.05, 3.63) is 68.4 Å². The molecule has 142 valence electrons. The molecule has 0 bridgehead atoms. The van der Waals surface area contributed by atoms with Crippen molar-refractivity contribution in [3.8, 4) is 10.8 Å². The van der Waals surface area contributed by atoms with Gasteiger partial charge in [0.2, 0.25) is 5.91 Å². The van der Waals surface area contributed by atoms with E-state index in [1.807, 2.05) is 17.5 Å². The van der Waals surface area contributed by atoms with Crippen LogP contribution in [0.3, 0.4) is 0 Å². The van der Waals surface area contributed by atoms with E-state index >= 15 is 0 Å². The Bertz CT molecular complexity index is 1240. The van der Waals surface area contributed by atoms with Crippen molar-refractivity contribution in [3.63, 3.8) is 0 Å². The first kappa shape index (κ1) is 17.9. The van der Waals surface area contributed by atoms with Crippen LogP contribution in [0, 0.1) is 0 Å². The SMILES string of the molecule is O=C(Cc1n[nH]c(=O)c2ccccc12)NCCn1nc(-c2cccs2)oc1=O. The summed E-state index contributed by atoms with van der Waals surface area (Å²) in [6, 6.07) is 10.6. The number of benzene rings is 1. The third-order valence-corrected chi connectivity index (χ3v) is 4.94. The van der Waals surface area contributed by atoms with Crippen LogP contribution in [0.5, 0.6) is 0 Å². The molecule has 3 heterocycles. The van der Waals surface area contributed by atoms with Crippen LogP contribution in [0.2, 0.25) is 0 Å². The number of nitrogens with zero attached hydrogens (tertiary/aromatic N) is 3. The first-order valence-corrected chi connectivity index (χ1v) is 9.34. The van der Waals surface area contributed by atoms with Crippen molar-refractivity contribution >= 4 is 28.0 Å². The van der Waals surface area contributed by atoms with E-state index in [1.54, 1.807) is 24.3 Å². The zero-order valence-electron chi connectivity index (χ0n) is 14.5. The zero-order chi connectivity index (χ0) is 19.5. The molecule has 4 aromatic rings. The highest BCUT2D eigenvalue weighted by Gasteiger charge is 2.13. The van der Waals surface area contributed by atoms with E-state index in [1.165, 1.54) is 16.0 Å². The van der Waals surface area contributed by atoms with Gasteiger partial charge in [0.25, 0.3) is 11.4 Å². The minimum atomic E-state index is -0.578. The van der Waals surface area contributed by atoms with Gasteiger partial charge in [-0.15, -0.1) is 16.4 Å². The predicted molar refractivity (Wildman–Crippen MR) is 103 cm³/mol. The first-order valence-electron chi connectivity index (χ1n) is 8.46. The van der Waals surface area contributed by atoms with Gasteiger partial charge in [-0.1, -0.05) is 24.3 Å². The molecule has 4 rings (SSSR count). The zero-order valence-corrected chi connectivity index (χ0v) is 15.4. The predicted octanol–water partition coefficient (Wildman–Crippen LogP) is 1.16. The highest BCUT2D eigenvalue weighted by molar-refractivity contribution is 7.13. The number of carbonyl (C=O) groups is 1. The summed E-state index contributed by atoms with van der Waals surface area (Å²) in [5.74, 6) is -0.596. The number of rotatable bonds is 6. The van der Waals surface area contributed by atoms with Gasteiger partial charge in [-0.05, 0) is 17.5 Å². The van der Waals surface area contributed by atoms with Crippen molar-refractivity contribution in [2.24, 2.45) is 0 Å². The fourth-order valence-electron chi connectivity index (χ4n) is 2.77. The lowest BCUT2D eigenvalue weighted by Gasteiger charge is -2.06. The molecule has 2 N–H and O–H groups in total. The van der Waals surface area contributed by atoms with Crippen molar-refractivity contribution in [2.75, 3.05) is 6.54 Å². The highest BCUT2D eigenvalue weighted by Crippen LogP contribution is 2.20. The molecule has 0 atom stereocenters. The number of thiophene rings is 1. The first-order chi connectivity index (χ1) is 13.6. The second-order valence-corrected chi connectivity index (χ2v) is 6.89. The molecule has 28 heavy (non-hydrogen) atoms. The number of aromatic amines is 1. The quantitative estimate of drug-likeness (QED) is 0.503. The number of aromatic nitrogens is 4. The van der Waals surface area contributed by atoms with Crippen LogP contribution in [-0.4, -0.2) is 32.4 Å². The third-order valence-electron chi connectivity index (χ3n) is 4.09. The van der Waals surface area contributed by atoms with E-state index in [4.69, 9.17) is 4.42 Å². The number of carbonyl (C=O) groups excluding carboxylic acids is 1. The molecule has 0 saturated carbocycles. The average Bonchev–Trinajstić information content (AvgIpc) is 3.35. The van der Waals surface area contributed by atoms with Gasteiger partial charge in [-0.3, -0.25) is 9.59 Å². The molecule has 0 aliphatic heterocycles. The summed E-state index contributed by atoms with van der Waals surface area (Å²) in [6.45, 7) is 0.385. The molecule has 0 radical (unpaired) electrons. The van der Waals surface area contributed by atoms with Crippen molar-refractivity contribution in [2.45, 2.75) is 13.0 Å². The van der Waals surface area contributed by atoms with Gasteiger partial charge in [0.05, 0.1) is 28.9 Å². The van der Waals surface area contributed by atoms with E-state index in [9.17, 15) is 14.4 Å². The van der Waals surface area contributed by atoms with Crippen molar-refractivity contribution in [1.29, 1.82) is 0 Å². The van der Waals surface area contributed by atoms with E-state index in [0.717, 1.165) is 4.88 Å². The van der Waals surface area contributed by atoms with Crippen molar-refractivity contribution < 1.29 is 9.21 Å². The maximum absolute atomic E-state index is 12.2. The lowest BCUT2D eigenvalue weighted by Crippen LogP contribution is -2.31. The summed E-state index contributed by atoms with van der Waals surface area (Å²) in [6.07, 6.45) is 0.00541. The Morgan fingerprint density at radius 3 is 2.79 bits per heavy atom. The Balaban J connectivity index is 1.39. The van der Waals surface area contributed by atoms with Gasteiger partial charge >= 0.3 is 5.76 Å². The normalized spacial score (nSPS) is 11.0. The minimum absolute atomic E-state index is 0.00541. The Labute approximate surface area is 161 Å². The Morgan fingerprint density at radius 2 is 2.00 bits per heavy atom. The Kier molecular flexibility index (Phi) is 4.85. The van der Waals surface area contributed by atoms with Gasteiger partial charge in [-0.2, -0.15) is 9.78 Å². The number of H-pyrrole nitrogens is 1. The van der Waals surface area contributed by atoms with Gasteiger partial charge in [0.15, 0.2) is 0 Å². The number of hydrogen-bond donors (Lipinski definition) is 2. The number of nitrogens with one attached hydrogen (secondary N) is 2. The second-order valence-electron chi connectivity index (χ2n) is 5.95. The number of amides is 1. The maximum Gasteiger partial charge on any atom is 0.437 e. The summed E-state index contributed by atoms with van der Waals surface area (Å²) >= 11 is 1.42. The molecule has 1 amide bonds. The fraction of sp³-hybridized carbons (Fsp3) is 0.167. The molecule has 0 fully saturated rings. The monoisotopic (exact) mass is 397 g/mol. The Hall–Kier alpha value is -3.53. The summed E-state index contributed by atoms with van der Waals surface area (Å²) in [5.41, 5.74) is 0.179. The van der Waals surface area contributed by atoms with Crippen LogP contribution in [-0.2, 0) is 17.8 Å². The third kappa shape index (κ3) is 3.62. The van der Waals surface area contributed by atoms with E-state index in [2.05, 4.69) is 20.6 Å². The maximum atomic E-state index is 12.2. The molecular formula is C18H15N5O4S. The summed E-state index contributed by atoms with van der Waals surface area (Å²) in [5, 5.41) is 16.2. The molecule has 0 aliphatic rings. The lowest BCUT2D eigenvalue weighted by molar-refractivity contribution is -0.120. The van der Waals surface area contributed by atoms with Crippen molar-refractivity contribution in [1.82, 2.24) is 25.3 Å². The molecule has 0 saturated heterocycles. The average molecular weight is 397 g/mol. The van der Waals surface area contributed by atoms with Crippen LogP contribution < -0.4 is 16.6 Å². The molecule has 0 aliphatic carbocycles. The fourth-order valence-corrected chi connectivity index (χ4v) is 3.41. The minimum Gasteiger partial charge on any atom is -0.387 e. The molecule has 0 unspecified atom stereocenters. The van der Waals surface area contributed by atoms with Crippen LogP contribution in [0.1, 0.15) is 5.69 Å². The van der Waals surface area contributed by atoms with Gasteiger partial charge in [-0.25, -0.2) is 9.89 Å². The topological polar surface area (TPSA) is 123 Å². The molecule has 3 aromatic heterocycles. The second kappa shape index (κ2) is 7.61. The number of hydrogen-bond acceptors (Lipinski definition) is 7. The smallest absolute Gasteiger partial charge is 0.387 e. The molecule has 0 spiro atoms. The van der Waals surface area contributed by atoms with Gasteiger partial charge in [0.1, 0.15) is 0 Å². The largest absolute Gasteiger partial charge is 0.437 e. The van der Waals surface area contributed by atoms with Crippen LogP contribution >= 0.6 is 11.3 Å². The van der Waals surface area contributed by atoms with E-state index in [-0.39, 0.29) is 36.9 Å². The molecule has 9 nitrogen and oxygen atoms in total. The van der Waals surface area contributed by atoms with E-state index in [0.29, 0.717) is 16.5 Å². The molecule has 1 aromatic carbocycles. The van der Waals surface area contributed by atoms with Gasteiger partial charge in [0, 0.05) is 11.9 Å². The van der Waals surface area contributed by atoms with Crippen LogP contribution in [0.15, 0.2) is 55.8 Å². The molecule has 10 heteroatoms. The molecular weight excluding hydrogens is 382 g/mol.